The van der Waals surface area contributed by atoms with Crippen LogP contribution in [-0.2, 0) is 12.8 Å². The summed E-state index contributed by atoms with van der Waals surface area (Å²) in [5.74, 6) is 0.309. The lowest BCUT2D eigenvalue weighted by molar-refractivity contribution is 0.450. The van der Waals surface area contributed by atoms with Crippen molar-refractivity contribution in [3.63, 3.8) is 0 Å². The Kier molecular flexibility index (Phi) is 2.14. The number of aromatic hydroxyl groups is 1. The third-order valence-corrected chi connectivity index (χ3v) is 3.17. The van der Waals surface area contributed by atoms with E-state index in [1.54, 1.807) is 6.92 Å². The van der Waals surface area contributed by atoms with Crippen LogP contribution in [0.25, 0.3) is 11.1 Å². The van der Waals surface area contributed by atoms with Gasteiger partial charge in [-0.15, -0.1) is 0 Å². The van der Waals surface area contributed by atoms with Gasteiger partial charge in [0.25, 0.3) is 0 Å². The van der Waals surface area contributed by atoms with Crippen molar-refractivity contribution in [3.05, 3.63) is 27.4 Å². The summed E-state index contributed by atoms with van der Waals surface area (Å²) in [6.45, 7) is 1.65. The monoisotopic (exact) mass is 232 g/mol. The number of aromatic nitrogens is 2. The minimum atomic E-state index is -0.329. The molecule has 0 bridgehead atoms. The summed E-state index contributed by atoms with van der Waals surface area (Å²) in [6.07, 6.45) is 3.48. The van der Waals surface area contributed by atoms with Crippen LogP contribution in [0.5, 0.6) is 5.88 Å². The molecule has 0 spiro atoms. The highest BCUT2D eigenvalue weighted by Gasteiger charge is 2.21. The van der Waals surface area contributed by atoms with Crippen LogP contribution >= 0.6 is 0 Å². The number of hydrogen-bond donors (Lipinski definition) is 1. The maximum absolute atomic E-state index is 11.8. The van der Waals surface area contributed by atoms with Crippen molar-refractivity contribution in [2.45, 2.75) is 32.6 Å². The highest BCUT2D eigenvalue weighted by Crippen LogP contribution is 2.30. The second kappa shape index (κ2) is 3.55. The van der Waals surface area contributed by atoms with E-state index in [9.17, 15) is 9.90 Å². The Hall–Kier alpha value is -1.91. The van der Waals surface area contributed by atoms with E-state index < -0.39 is 0 Å². The van der Waals surface area contributed by atoms with Gasteiger partial charge in [-0.05, 0) is 38.2 Å². The maximum Gasteiger partial charge on any atom is 0.341 e. The van der Waals surface area contributed by atoms with E-state index in [4.69, 9.17) is 4.42 Å². The summed E-state index contributed by atoms with van der Waals surface area (Å²) in [6, 6.07) is 0. The first-order valence-electron chi connectivity index (χ1n) is 5.69. The molecule has 0 radical (unpaired) electrons. The number of hydrogen-bond acceptors (Lipinski definition) is 5. The van der Waals surface area contributed by atoms with Crippen LogP contribution in [-0.4, -0.2) is 15.1 Å². The molecule has 5 heteroatoms. The summed E-state index contributed by atoms with van der Waals surface area (Å²) >= 11 is 0. The molecule has 2 aromatic rings. The number of aryl methyl sites for hydroxylation is 2. The van der Waals surface area contributed by atoms with E-state index in [-0.39, 0.29) is 17.2 Å². The second-order valence-corrected chi connectivity index (χ2v) is 4.33. The Bertz CT molecular complexity index is 661. The summed E-state index contributed by atoms with van der Waals surface area (Å²) in [5, 5.41) is 10.4. The fourth-order valence-electron chi connectivity index (χ4n) is 2.43. The molecule has 1 aliphatic carbocycles. The average Bonchev–Trinajstić information content (AvgIpc) is 2.28. The number of fused-ring (bicyclic) bond motifs is 3. The normalized spacial score (nSPS) is 14.9. The van der Waals surface area contributed by atoms with Crippen LogP contribution in [0.3, 0.4) is 0 Å². The predicted molar refractivity (Wildman–Crippen MR) is 61.1 cm³/mol. The molecule has 0 amide bonds. The standard InChI is InChI=1S/C12H12N2O3/c1-6-13-10(15)9-7-4-2-3-5-8(7)12(16)17-11(9)14-6/h2-5H2,1H3,(H,13,14,15). The van der Waals surface area contributed by atoms with Gasteiger partial charge < -0.3 is 9.52 Å². The number of nitrogens with zero attached hydrogens (tertiary/aromatic N) is 2. The Morgan fingerprint density at radius 3 is 2.65 bits per heavy atom. The fourth-order valence-corrected chi connectivity index (χ4v) is 2.43. The third kappa shape index (κ3) is 1.50. The molecule has 0 aliphatic heterocycles. The second-order valence-electron chi connectivity index (χ2n) is 4.33. The van der Waals surface area contributed by atoms with Crippen LogP contribution in [0.4, 0.5) is 0 Å². The van der Waals surface area contributed by atoms with Crippen LogP contribution < -0.4 is 5.63 Å². The molecule has 5 nitrogen and oxygen atoms in total. The zero-order valence-corrected chi connectivity index (χ0v) is 9.49. The smallest absolute Gasteiger partial charge is 0.341 e. The van der Waals surface area contributed by atoms with Gasteiger partial charge >= 0.3 is 5.63 Å². The first kappa shape index (κ1) is 10.3. The minimum absolute atomic E-state index is 0.0885. The van der Waals surface area contributed by atoms with E-state index >= 15 is 0 Å². The maximum atomic E-state index is 11.8. The fraction of sp³-hybridized carbons (Fsp3) is 0.417. The van der Waals surface area contributed by atoms with Gasteiger partial charge in [-0.3, -0.25) is 0 Å². The lowest BCUT2D eigenvalue weighted by atomic mass is 9.91. The molecule has 0 atom stereocenters. The molecule has 88 valence electrons. The van der Waals surface area contributed by atoms with Gasteiger partial charge in [0.15, 0.2) is 0 Å². The van der Waals surface area contributed by atoms with Crippen molar-refractivity contribution in [1.29, 1.82) is 0 Å². The molecule has 3 rings (SSSR count). The lowest BCUT2D eigenvalue weighted by Gasteiger charge is -2.15. The van der Waals surface area contributed by atoms with E-state index in [0.29, 0.717) is 23.2 Å². The Labute approximate surface area is 97.1 Å². The Morgan fingerprint density at radius 1 is 1.18 bits per heavy atom. The lowest BCUT2D eigenvalue weighted by Crippen LogP contribution is -2.16. The summed E-state index contributed by atoms with van der Waals surface area (Å²) in [5.41, 5.74) is 1.40. The molecule has 1 aliphatic rings. The molecule has 2 aromatic heterocycles. The van der Waals surface area contributed by atoms with Crippen molar-refractivity contribution in [3.8, 4) is 5.88 Å². The molecule has 0 saturated carbocycles. The van der Waals surface area contributed by atoms with Gasteiger partial charge in [-0.1, -0.05) is 0 Å². The topological polar surface area (TPSA) is 76.2 Å². The highest BCUT2D eigenvalue weighted by atomic mass is 16.4. The van der Waals surface area contributed by atoms with Gasteiger partial charge in [0, 0.05) is 5.56 Å². The van der Waals surface area contributed by atoms with E-state index in [1.807, 2.05) is 0 Å². The largest absolute Gasteiger partial charge is 0.493 e. The molecule has 0 fully saturated rings. The molecule has 1 N–H and O–H groups in total. The third-order valence-electron chi connectivity index (χ3n) is 3.17. The van der Waals surface area contributed by atoms with E-state index in [0.717, 1.165) is 24.8 Å². The zero-order valence-electron chi connectivity index (χ0n) is 9.49. The van der Waals surface area contributed by atoms with Crippen LogP contribution in [0, 0.1) is 6.92 Å². The van der Waals surface area contributed by atoms with Crippen molar-refractivity contribution < 1.29 is 9.52 Å². The van der Waals surface area contributed by atoms with Gasteiger partial charge in [0.2, 0.25) is 11.6 Å². The van der Waals surface area contributed by atoms with Crippen molar-refractivity contribution in [1.82, 2.24) is 9.97 Å². The summed E-state index contributed by atoms with van der Waals surface area (Å²) in [4.78, 5) is 19.8. The SMILES string of the molecule is Cc1nc(O)c2c3c(c(=O)oc2n1)CCCC3. The van der Waals surface area contributed by atoms with Gasteiger partial charge in [0.1, 0.15) is 11.2 Å². The molecule has 17 heavy (non-hydrogen) atoms. The summed E-state index contributed by atoms with van der Waals surface area (Å²) in [7, 11) is 0. The summed E-state index contributed by atoms with van der Waals surface area (Å²) < 4.78 is 5.16. The highest BCUT2D eigenvalue weighted by molar-refractivity contribution is 5.83. The van der Waals surface area contributed by atoms with Crippen LogP contribution in [0.1, 0.15) is 29.8 Å². The Morgan fingerprint density at radius 2 is 1.88 bits per heavy atom. The quantitative estimate of drug-likeness (QED) is 0.744. The molecule has 2 heterocycles. The van der Waals surface area contributed by atoms with Gasteiger partial charge in [0.05, 0.1) is 0 Å². The zero-order chi connectivity index (χ0) is 12.0. The average molecular weight is 232 g/mol. The molecular formula is C12H12N2O3. The van der Waals surface area contributed by atoms with Crippen molar-refractivity contribution >= 4 is 11.1 Å². The number of rotatable bonds is 0. The van der Waals surface area contributed by atoms with Crippen LogP contribution in [0.15, 0.2) is 9.21 Å². The molecule has 0 aromatic carbocycles. The molecular weight excluding hydrogens is 220 g/mol. The van der Waals surface area contributed by atoms with E-state index in [1.165, 1.54) is 0 Å². The predicted octanol–water partition coefficient (Wildman–Crippen LogP) is 1.48. The van der Waals surface area contributed by atoms with Crippen molar-refractivity contribution in [2.24, 2.45) is 0 Å². The first-order chi connectivity index (χ1) is 8.16. The van der Waals surface area contributed by atoms with Crippen LogP contribution in [0.2, 0.25) is 0 Å². The molecule has 0 saturated heterocycles. The van der Waals surface area contributed by atoms with Gasteiger partial charge in [-0.2, -0.15) is 9.97 Å². The molecule has 0 unspecified atom stereocenters. The van der Waals surface area contributed by atoms with E-state index in [2.05, 4.69) is 9.97 Å². The Balaban J connectivity index is 2.47. The minimum Gasteiger partial charge on any atom is -0.493 e. The van der Waals surface area contributed by atoms with Gasteiger partial charge in [-0.25, -0.2) is 4.79 Å². The van der Waals surface area contributed by atoms with Crippen molar-refractivity contribution in [2.75, 3.05) is 0 Å². The first-order valence-corrected chi connectivity index (χ1v) is 5.69.